The van der Waals surface area contributed by atoms with E-state index in [1.54, 1.807) is 19.1 Å². The monoisotopic (exact) mass is 417 g/mol. The Morgan fingerprint density at radius 2 is 1.83 bits per heavy atom. The van der Waals surface area contributed by atoms with Crippen molar-refractivity contribution in [2.75, 3.05) is 0 Å². The summed E-state index contributed by atoms with van der Waals surface area (Å²) >= 11 is 6.20. The van der Waals surface area contributed by atoms with Crippen LogP contribution in [0.25, 0.3) is 4.85 Å². The first-order valence-electron chi connectivity index (χ1n) is 8.78. The predicted octanol–water partition coefficient (Wildman–Crippen LogP) is 3.73. The van der Waals surface area contributed by atoms with Crippen molar-refractivity contribution in [3.8, 4) is 0 Å². The quantitative estimate of drug-likeness (QED) is 0.512. The molecule has 6 nitrogen and oxygen atoms in total. The minimum absolute atomic E-state index is 0.144. The van der Waals surface area contributed by atoms with Gasteiger partial charge in [-0.2, -0.15) is 0 Å². The molecule has 0 aromatic heterocycles. The van der Waals surface area contributed by atoms with Crippen molar-refractivity contribution in [2.24, 2.45) is 5.92 Å². The van der Waals surface area contributed by atoms with Crippen molar-refractivity contribution >= 4 is 29.1 Å². The molecule has 0 bridgehead atoms. The molecule has 2 aromatic rings. The molecule has 0 saturated carbocycles. The third-order valence-corrected chi connectivity index (χ3v) is 5.07. The third kappa shape index (κ3) is 5.53. The van der Waals surface area contributed by atoms with Gasteiger partial charge in [-0.05, 0) is 62.6 Å². The van der Waals surface area contributed by atoms with Crippen LogP contribution in [0.4, 0.5) is 10.1 Å². The average molecular weight is 418 g/mol. The van der Waals surface area contributed by atoms with E-state index < -0.39 is 29.2 Å². The minimum Gasteiger partial charge on any atom is -0.390 e. The zero-order chi connectivity index (χ0) is 21.8. The lowest BCUT2D eigenvalue weighted by atomic mass is 9.84. The van der Waals surface area contributed by atoms with Crippen LogP contribution in [0, 0.1) is 25.2 Å². The molecule has 2 amide bonds. The second-order valence-corrected chi connectivity index (χ2v) is 7.53. The highest BCUT2D eigenvalue weighted by Crippen LogP contribution is 2.33. The molecule has 152 valence electrons. The molecule has 0 spiro atoms. The maximum absolute atomic E-state index is 13.0. The Labute approximate surface area is 173 Å². The Morgan fingerprint density at radius 1 is 1.21 bits per heavy atom. The van der Waals surface area contributed by atoms with Gasteiger partial charge in [0.05, 0.1) is 23.1 Å². The van der Waals surface area contributed by atoms with E-state index in [2.05, 4.69) is 15.7 Å². The van der Waals surface area contributed by atoms with Gasteiger partial charge in [0, 0.05) is 5.56 Å². The van der Waals surface area contributed by atoms with Crippen LogP contribution in [0.1, 0.15) is 35.3 Å². The standard InChI is InChI=1S/C21H21ClFN3O3/c1-12-14(7-10-17(24-4)18(12)22)11-16(21(2,3)29)20(28)26-25-19(27)13-5-8-15(23)9-6-13/h5-10,16,29H,11H2,1-3H3,(H,25,27)(H,26,28)/t16-/m0/s1. The fraction of sp³-hybridized carbons (Fsp3) is 0.286. The number of carbonyl (C=O) groups excluding carboxylic acids is 2. The number of rotatable bonds is 5. The number of hydrogen-bond donors (Lipinski definition) is 3. The van der Waals surface area contributed by atoms with Crippen molar-refractivity contribution in [1.29, 1.82) is 0 Å². The molecular weight excluding hydrogens is 397 g/mol. The zero-order valence-electron chi connectivity index (χ0n) is 16.2. The van der Waals surface area contributed by atoms with Crippen LogP contribution in [0.3, 0.4) is 0 Å². The molecule has 2 rings (SSSR count). The summed E-state index contributed by atoms with van der Waals surface area (Å²) in [5.41, 5.74) is 5.00. The van der Waals surface area contributed by atoms with Crippen LogP contribution in [-0.2, 0) is 11.2 Å². The number of nitrogens with zero attached hydrogens (tertiary/aromatic N) is 1. The van der Waals surface area contributed by atoms with E-state index in [9.17, 15) is 19.1 Å². The second kappa shape index (κ2) is 9.03. The van der Waals surface area contributed by atoms with Gasteiger partial charge < -0.3 is 5.11 Å². The molecule has 8 heteroatoms. The molecule has 0 aliphatic rings. The highest BCUT2D eigenvalue weighted by atomic mass is 35.5. The maximum Gasteiger partial charge on any atom is 0.269 e. The SMILES string of the molecule is [C-]#[N+]c1ccc(C[C@@H](C(=O)NNC(=O)c2ccc(F)cc2)C(C)(C)O)c(C)c1Cl. The van der Waals surface area contributed by atoms with E-state index in [1.807, 2.05) is 0 Å². The van der Waals surface area contributed by atoms with Gasteiger partial charge in [-0.15, -0.1) is 0 Å². The normalized spacial score (nSPS) is 12.0. The predicted molar refractivity (Wildman–Crippen MR) is 108 cm³/mol. The lowest BCUT2D eigenvalue weighted by Crippen LogP contribution is -2.50. The first-order valence-corrected chi connectivity index (χ1v) is 9.16. The molecule has 0 saturated heterocycles. The van der Waals surface area contributed by atoms with Crippen LogP contribution >= 0.6 is 11.6 Å². The Hall–Kier alpha value is -2.95. The summed E-state index contributed by atoms with van der Waals surface area (Å²) in [6.07, 6.45) is 0.144. The minimum atomic E-state index is -1.40. The number of hydrogen-bond acceptors (Lipinski definition) is 3. The van der Waals surface area contributed by atoms with Gasteiger partial charge in [-0.3, -0.25) is 20.4 Å². The lowest BCUT2D eigenvalue weighted by Gasteiger charge is -2.29. The molecule has 2 aromatic carbocycles. The van der Waals surface area contributed by atoms with Gasteiger partial charge in [0.15, 0.2) is 0 Å². The fourth-order valence-electron chi connectivity index (χ4n) is 2.78. The summed E-state index contributed by atoms with van der Waals surface area (Å²) < 4.78 is 13.0. The first kappa shape index (κ1) is 22.3. The molecule has 0 aliphatic heterocycles. The molecule has 0 fully saturated rings. The van der Waals surface area contributed by atoms with Gasteiger partial charge in [0.1, 0.15) is 5.82 Å². The van der Waals surface area contributed by atoms with Crippen molar-refractivity contribution in [1.82, 2.24) is 10.9 Å². The largest absolute Gasteiger partial charge is 0.390 e. The molecule has 0 aliphatic carbocycles. The summed E-state index contributed by atoms with van der Waals surface area (Å²) in [6, 6.07) is 8.10. The third-order valence-electron chi connectivity index (χ3n) is 4.60. The van der Waals surface area contributed by atoms with E-state index in [4.69, 9.17) is 18.2 Å². The van der Waals surface area contributed by atoms with Gasteiger partial charge in [0.25, 0.3) is 5.91 Å². The smallest absolute Gasteiger partial charge is 0.269 e. The van der Waals surface area contributed by atoms with Crippen LogP contribution in [0.15, 0.2) is 36.4 Å². The molecule has 29 heavy (non-hydrogen) atoms. The number of nitrogens with one attached hydrogen (secondary N) is 2. The van der Waals surface area contributed by atoms with Gasteiger partial charge in [0.2, 0.25) is 11.6 Å². The zero-order valence-corrected chi connectivity index (χ0v) is 17.0. The number of carbonyl (C=O) groups is 2. The second-order valence-electron chi connectivity index (χ2n) is 7.16. The summed E-state index contributed by atoms with van der Waals surface area (Å²) in [7, 11) is 0. The van der Waals surface area contributed by atoms with Gasteiger partial charge >= 0.3 is 0 Å². The number of halogens is 2. The number of amides is 2. The van der Waals surface area contributed by atoms with E-state index in [1.165, 1.54) is 26.0 Å². The molecule has 0 radical (unpaired) electrons. The van der Waals surface area contributed by atoms with E-state index in [-0.39, 0.29) is 12.0 Å². The Morgan fingerprint density at radius 3 is 2.38 bits per heavy atom. The van der Waals surface area contributed by atoms with Gasteiger partial charge in [-0.1, -0.05) is 23.7 Å². The topological polar surface area (TPSA) is 82.8 Å². The summed E-state index contributed by atoms with van der Waals surface area (Å²) in [5, 5.41) is 10.8. The molecule has 0 unspecified atom stereocenters. The lowest BCUT2D eigenvalue weighted by molar-refractivity contribution is -0.133. The number of aliphatic hydroxyl groups is 1. The average Bonchev–Trinajstić information content (AvgIpc) is 2.66. The van der Waals surface area contributed by atoms with Crippen molar-refractivity contribution in [3.05, 3.63) is 75.3 Å². The first-order chi connectivity index (χ1) is 13.5. The summed E-state index contributed by atoms with van der Waals surface area (Å²) in [4.78, 5) is 28.1. The fourth-order valence-corrected chi connectivity index (χ4v) is 3.01. The number of benzene rings is 2. The summed E-state index contributed by atoms with van der Waals surface area (Å²) in [6.45, 7) is 11.8. The van der Waals surface area contributed by atoms with Gasteiger partial charge in [-0.25, -0.2) is 9.24 Å². The number of hydrazine groups is 1. The van der Waals surface area contributed by atoms with E-state index in [0.29, 0.717) is 21.8 Å². The van der Waals surface area contributed by atoms with Crippen LogP contribution < -0.4 is 10.9 Å². The van der Waals surface area contributed by atoms with E-state index in [0.717, 1.165) is 12.1 Å². The van der Waals surface area contributed by atoms with E-state index >= 15 is 0 Å². The van der Waals surface area contributed by atoms with Crippen molar-refractivity contribution < 1.29 is 19.1 Å². The molecule has 0 heterocycles. The highest BCUT2D eigenvalue weighted by Gasteiger charge is 2.34. The van der Waals surface area contributed by atoms with Crippen molar-refractivity contribution in [2.45, 2.75) is 32.8 Å². The van der Waals surface area contributed by atoms with Crippen LogP contribution in [0.2, 0.25) is 5.02 Å². The molecule has 3 N–H and O–H groups in total. The van der Waals surface area contributed by atoms with Crippen molar-refractivity contribution in [3.63, 3.8) is 0 Å². The Kier molecular flexibility index (Phi) is 6.96. The molecule has 1 atom stereocenters. The van der Waals surface area contributed by atoms with Crippen LogP contribution in [-0.4, -0.2) is 22.5 Å². The van der Waals surface area contributed by atoms with Crippen LogP contribution in [0.5, 0.6) is 0 Å². The Balaban J connectivity index is 2.15. The molecular formula is C21H21ClFN3O3. The maximum atomic E-state index is 13.0. The Bertz CT molecular complexity index is 963. The highest BCUT2D eigenvalue weighted by molar-refractivity contribution is 6.34. The summed E-state index contributed by atoms with van der Waals surface area (Å²) in [5.74, 6) is -2.61.